The van der Waals surface area contributed by atoms with E-state index in [1.165, 1.54) is 4.31 Å². The molecule has 1 atom stereocenters. The number of amides is 1. The van der Waals surface area contributed by atoms with Crippen LogP contribution in [-0.4, -0.2) is 21.4 Å². The number of nitrogens with zero attached hydrogens (tertiary/aromatic N) is 1. The van der Waals surface area contributed by atoms with E-state index >= 15 is 0 Å². The summed E-state index contributed by atoms with van der Waals surface area (Å²) in [5.74, 6) is 0.526. The highest BCUT2D eigenvalue weighted by Crippen LogP contribution is 2.31. The van der Waals surface area contributed by atoms with Gasteiger partial charge in [-0.3, -0.25) is 9.10 Å². The predicted octanol–water partition coefficient (Wildman–Crippen LogP) is 6.54. The van der Waals surface area contributed by atoms with Crippen LogP contribution in [-0.2, 0) is 16.6 Å². The second kappa shape index (κ2) is 11.7. The van der Waals surface area contributed by atoms with Crippen molar-refractivity contribution in [2.45, 2.75) is 31.3 Å². The summed E-state index contributed by atoms with van der Waals surface area (Å²) in [6.45, 7) is 3.83. The molecule has 196 valence electrons. The van der Waals surface area contributed by atoms with Crippen LogP contribution in [0.4, 0.5) is 5.69 Å². The monoisotopic (exact) mass is 548 g/mol. The number of ether oxygens (including phenoxy) is 1. The molecule has 0 fully saturated rings. The van der Waals surface area contributed by atoms with Crippen molar-refractivity contribution in [3.63, 3.8) is 0 Å². The van der Waals surface area contributed by atoms with Gasteiger partial charge in [0.15, 0.2) is 0 Å². The van der Waals surface area contributed by atoms with Crippen molar-refractivity contribution in [3.8, 4) is 5.75 Å². The highest BCUT2D eigenvalue weighted by molar-refractivity contribution is 7.92. The number of benzene rings is 4. The second-order valence-corrected chi connectivity index (χ2v) is 11.2. The zero-order valence-electron chi connectivity index (χ0n) is 21.4. The molecule has 0 bridgehead atoms. The molecule has 0 aromatic heterocycles. The minimum atomic E-state index is -3.88. The Kier molecular flexibility index (Phi) is 8.39. The van der Waals surface area contributed by atoms with Crippen LogP contribution in [0.1, 0.15) is 40.0 Å². The Morgan fingerprint density at radius 3 is 2.24 bits per heavy atom. The van der Waals surface area contributed by atoms with Gasteiger partial charge in [-0.05, 0) is 79.1 Å². The first-order valence-corrected chi connectivity index (χ1v) is 13.9. The second-order valence-electron chi connectivity index (χ2n) is 8.92. The molecule has 0 aliphatic heterocycles. The van der Waals surface area contributed by atoms with Crippen molar-refractivity contribution < 1.29 is 17.9 Å². The molecule has 0 spiro atoms. The first kappa shape index (κ1) is 27.2. The van der Waals surface area contributed by atoms with Gasteiger partial charge >= 0.3 is 0 Å². The molecule has 4 aromatic rings. The van der Waals surface area contributed by atoms with Crippen molar-refractivity contribution in [1.82, 2.24) is 5.32 Å². The molecule has 4 rings (SSSR count). The van der Waals surface area contributed by atoms with E-state index in [1.807, 2.05) is 38.1 Å². The number of anilines is 1. The van der Waals surface area contributed by atoms with Crippen LogP contribution in [0.25, 0.3) is 0 Å². The number of carbonyl (C=O) groups is 1. The van der Waals surface area contributed by atoms with Gasteiger partial charge < -0.3 is 10.1 Å². The number of methoxy groups -OCH3 is 1. The number of aryl methyl sites for hydroxylation is 1. The number of hydrogen-bond donors (Lipinski definition) is 1. The number of sulfonamides is 1. The lowest BCUT2D eigenvalue weighted by Crippen LogP contribution is -2.31. The lowest BCUT2D eigenvalue weighted by atomic mass is 10.1. The average molecular weight is 549 g/mol. The summed E-state index contributed by atoms with van der Waals surface area (Å²) in [5.41, 5.74) is 3.43. The van der Waals surface area contributed by atoms with E-state index in [-0.39, 0.29) is 23.4 Å². The summed E-state index contributed by atoms with van der Waals surface area (Å²) in [6.07, 6.45) is 0. The summed E-state index contributed by atoms with van der Waals surface area (Å²) < 4.78 is 33.9. The topological polar surface area (TPSA) is 75.7 Å². The third-order valence-corrected chi connectivity index (χ3v) is 8.29. The predicted molar refractivity (Wildman–Crippen MR) is 151 cm³/mol. The molecule has 0 radical (unpaired) electrons. The van der Waals surface area contributed by atoms with Gasteiger partial charge in [0.25, 0.3) is 15.9 Å². The van der Waals surface area contributed by atoms with Crippen molar-refractivity contribution in [1.29, 1.82) is 0 Å². The maximum absolute atomic E-state index is 13.7. The van der Waals surface area contributed by atoms with Crippen LogP contribution in [0.15, 0.2) is 102 Å². The lowest BCUT2D eigenvalue weighted by Gasteiger charge is -2.26. The fourth-order valence-corrected chi connectivity index (χ4v) is 5.75. The molecule has 1 N–H and O–H groups in total. The van der Waals surface area contributed by atoms with Crippen molar-refractivity contribution in [2.75, 3.05) is 11.4 Å². The Bertz CT molecular complexity index is 1510. The molecule has 0 aliphatic carbocycles. The quantitative estimate of drug-likeness (QED) is 0.257. The number of nitrogens with one attached hydrogen (secondary N) is 1. The first-order chi connectivity index (χ1) is 18.2. The van der Waals surface area contributed by atoms with Crippen LogP contribution in [0, 0.1) is 6.92 Å². The minimum Gasteiger partial charge on any atom is -0.497 e. The number of halogens is 1. The van der Waals surface area contributed by atoms with Gasteiger partial charge in [-0.2, -0.15) is 0 Å². The third kappa shape index (κ3) is 6.18. The van der Waals surface area contributed by atoms with Gasteiger partial charge in [-0.1, -0.05) is 60.1 Å². The summed E-state index contributed by atoms with van der Waals surface area (Å²) in [7, 11) is -2.28. The fourth-order valence-electron chi connectivity index (χ4n) is 4.05. The number of carbonyl (C=O) groups excluding carboxylic acids is 1. The Morgan fingerprint density at radius 1 is 0.947 bits per heavy atom. The lowest BCUT2D eigenvalue weighted by molar-refractivity contribution is 0.0940. The molecule has 8 heteroatoms. The van der Waals surface area contributed by atoms with Crippen LogP contribution in [0.3, 0.4) is 0 Å². The standard InChI is InChI=1S/C30H29ClN2O4S/c1-21-9-16-26(31)19-29(21)33(38(35,36)28-7-5-4-6-8-28)20-23-10-12-25(13-11-23)30(34)32-22(2)24-14-17-27(37-3)18-15-24/h4-19,22H,20H2,1-3H3,(H,32,34)/t22-/m0/s1. The zero-order chi connectivity index (χ0) is 27.3. The normalized spacial score (nSPS) is 12.0. The fraction of sp³-hybridized carbons (Fsp3) is 0.167. The smallest absolute Gasteiger partial charge is 0.264 e. The van der Waals surface area contributed by atoms with Gasteiger partial charge in [0, 0.05) is 10.6 Å². The highest BCUT2D eigenvalue weighted by Gasteiger charge is 2.26. The van der Waals surface area contributed by atoms with E-state index in [0.717, 1.165) is 22.4 Å². The van der Waals surface area contributed by atoms with Crippen molar-refractivity contribution in [2.24, 2.45) is 0 Å². The van der Waals surface area contributed by atoms with E-state index in [4.69, 9.17) is 16.3 Å². The first-order valence-electron chi connectivity index (χ1n) is 12.1. The van der Waals surface area contributed by atoms with Gasteiger partial charge in [-0.15, -0.1) is 0 Å². The van der Waals surface area contributed by atoms with Crippen molar-refractivity contribution >= 4 is 33.2 Å². The molecule has 0 heterocycles. The van der Waals surface area contributed by atoms with Crippen LogP contribution in [0.5, 0.6) is 5.75 Å². The average Bonchev–Trinajstić information content (AvgIpc) is 2.94. The molecule has 38 heavy (non-hydrogen) atoms. The van der Waals surface area contributed by atoms with Gasteiger partial charge in [-0.25, -0.2) is 8.42 Å². The summed E-state index contributed by atoms with van der Waals surface area (Å²) in [6, 6.07) is 27.7. The highest BCUT2D eigenvalue weighted by atomic mass is 35.5. The van der Waals surface area contributed by atoms with Crippen LogP contribution >= 0.6 is 11.6 Å². The summed E-state index contributed by atoms with van der Waals surface area (Å²) >= 11 is 6.24. The van der Waals surface area contributed by atoms with Crippen LogP contribution < -0.4 is 14.4 Å². The molecule has 4 aromatic carbocycles. The van der Waals surface area contributed by atoms with E-state index in [2.05, 4.69) is 5.32 Å². The van der Waals surface area contributed by atoms with E-state index in [1.54, 1.807) is 79.9 Å². The van der Waals surface area contributed by atoms with E-state index < -0.39 is 10.0 Å². The van der Waals surface area contributed by atoms with Crippen molar-refractivity contribution in [3.05, 3.63) is 124 Å². The molecule has 0 unspecified atom stereocenters. The van der Waals surface area contributed by atoms with E-state index in [0.29, 0.717) is 16.3 Å². The Morgan fingerprint density at radius 2 is 1.61 bits per heavy atom. The van der Waals surface area contributed by atoms with E-state index in [9.17, 15) is 13.2 Å². The third-order valence-electron chi connectivity index (χ3n) is 6.28. The molecule has 1 amide bonds. The SMILES string of the molecule is COc1ccc([C@H](C)NC(=O)c2ccc(CN(c3cc(Cl)ccc3C)S(=O)(=O)c3ccccc3)cc2)cc1. The van der Waals surface area contributed by atoms with Gasteiger partial charge in [0.1, 0.15) is 5.75 Å². The molecular formula is C30H29ClN2O4S. The Balaban J connectivity index is 1.56. The molecular weight excluding hydrogens is 520 g/mol. The van der Waals surface area contributed by atoms with Gasteiger partial charge in [0.2, 0.25) is 0 Å². The number of hydrogen-bond acceptors (Lipinski definition) is 4. The zero-order valence-corrected chi connectivity index (χ0v) is 23.0. The molecule has 0 aliphatic rings. The molecule has 0 saturated carbocycles. The minimum absolute atomic E-state index is 0.0720. The summed E-state index contributed by atoms with van der Waals surface area (Å²) in [4.78, 5) is 13.1. The van der Waals surface area contributed by atoms with Crippen LogP contribution in [0.2, 0.25) is 5.02 Å². The molecule has 6 nitrogen and oxygen atoms in total. The largest absolute Gasteiger partial charge is 0.497 e. The van der Waals surface area contributed by atoms with Gasteiger partial charge in [0.05, 0.1) is 30.3 Å². The maximum atomic E-state index is 13.7. The Hall–Kier alpha value is -3.81. The number of rotatable bonds is 9. The maximum Gasteiger partial charge on any atom is 0.264 e. The Labute approximate surface area is 228 Å². The summed E-state index contributed by atoms with van der Waals surface area (Å²) in [5, 5.41) is 3.44. The molecule has 0 saturated heterocycles.